The molecule has 88 valence electrons. The Hall–Kier alpha value is -0.380. The molecular weight excluding hydrogens is 188 g/mol. The van der Waals surface area contributed by atoms with Gasteiger partial charge in [0.25, 0.3) is 0 Å². The van der Waals surface area contributed by atoms with Gasteiger partial charge in [-0.3, -0.25) is 4.90 Å². The molecule has 0 atom stereocenters. The van der Waals surface area contributed by atoms with Crippen LogP contribution in [0.4, 0.5) is 0 Å². The van der Waals surface area contributed by atoms with Crippen molar-refractivity contribution in [1.82, 2.24) is 10.2 Å². The van der Waals surface area contributed by atoms with E-state index in [1.165, 1.54) is 19.3 Å². The smallest absolute Gasteiger partial charge is 0.0589 e. The summed E-state index contributed by atoms with van der Waals surface area (Å²) >= 11 is 0. The van der Waals surface area contributed by atoms with E-state index in [-0.39, 0.29) is 0 Å². The predicted octanol–water partition coefficient (Wildman–Crippen LogP) is 1.26. The summed E-state index contributed by atoms with van der Waals surface area (Å²) in [4.78, 5) is 2.38. The molecule has 0 aromatic heterocycles. The van der Waals surface area contributed by atoms with Crippen molar-refractivity contribution in [2.75, 3.05) is 39.9 Å². The molecule has 0 unspecified atom stereocenters. The lowest BCUT2D eigenvalue weighted by Gasteiger charge is -2.20. The Balaban J connectivity index is 1.98. The SMILES string of the molecule is C=CCN(CCCNC1CC1)CCOC. The van der Waals surface area contributed by atoms with Crippen LogP contribution in [0.2, 0.25) is 0 Å². The molecule has 0 aromatic rings. The number of hydrogen-bond donors (Lipinski definition) is 1. The lowest BCUT2D eigenvalue weighted by molar-refractivity contribution is 0.153. The van der Waals surface area contributed by atoms with Crippen molar-refractivity contribution in [2.24, 2.45) is 0 Å². The minimum Gasteiger partial charge on any atom is -0.383 e. The first kappa shape index (κ1) is 12.7. The van der Waals surface area contributed by atoms with Crippen LogP contribution in [0.5, 0.6) is 0 Å². The topological polar surface area (TPSA) is 24.5 Å². The van der Waals surface area contributed by atoms with Gasteiger partial charge in [0, 0.05) is 26.2 Å². The molecule has 0 bridgehead atoms. The van der Waals surface area contributed by atoms with E-state index >= 15 is 0 Å². The van der Waals surface area contributed by atoms with E-state index in [2.05, 4.69) is 16.8 Å². The molecule has 0 radical (unpaired) electrons. The third-order valence-corrected chi connectivity index (χ3v) is 2.66. The summed E-state index contributed by atoms with van der Waals surface area (Å²) in [6.07, 6.45) is 5.93. The Morgan fingerprint density at radius 2 is 2.27 bits per heavy atom. The molecule has 0 heterocycles. The van der Waals surface area contributed by atoms with Crippen LogP contribution in [0.15, 0.2) is 12.7 Å². The van der Waals surface area contributed by atoms with E-state index in [1.54, 1.807) is 7.11 Å². The molecule has 0 aromatic carbocycles. The summed E-state index contributed by atoms with van der Waals surface area (Å²) in [5.74, 6) is 0. The Morgan fingerprint density at radius 1 is 1.47 bits per heavy atom. The van der Waals surface area contributed by atoms with Gasteiger partial charge in [0.05, 0.1) is 6.61 Å². The highest BCUT2D eigenvalue weighted by Gasteiger charge is 2.19. The summed E-state index contributed by atoms with van der Waals surface area (Å²) in [7, 11) is 1.75. The molecule has 0 amide bonds. The average molecular weight is 212 g/mol. The van der Waals surface area contributed by atoms with Crippen LogP contribution < -0.4 is 5.32 Å². The Kier molecular flexibility index (Phi) is 6.64. The van der Waals surface area contributed by atoms with Crippen molar-refractivity contribution < 1.29 is 4.74 Å². The minimum absolute atomic E-state index is 0.809. The molecular formula is C12H24N2O. The number of methoxy groups -OCH3 is 1. The number of rotatable bonds is 10. The summed E-state index contributed by atoms with van der Waals surface area (Å²) in [5, 5.41) is 3.53. The van der Waals surface area contributed by atoms with E-state index < -0.39 is 0 Å². The predicted molar refractivity (Wildman–Crippen MR) is 64.2 cm³/mol. The maximum atomic E-state index is 5.08. The molecule has 1 rings (SSSR count). The second kappa shape index (κ2) is 7.85. The first-order valence-corrected chi connectivity index (χ1v) is 5.92. The molecule has 1 saturated carbocycles. The van der Waals surface area contributed by atoms with Gasteiger partial charge in [0.15, 0.2) is 0 Å². The van der Waals surface area contributed by atoms with Crippen LogP contribution >= 0.6 is 0 Å². The molecule has 1 N–H and O–H groups in total. The zero-order valence-electron chi connectivity index (χ0n) is 9.87. The van der Waals surface area contributed by atoms with Crippen molar-refractivity contribution in [2.45, 2.75) is 25.3 Å². The van der Waals surface area contributed by atoms with Crippen LogP contribution in [0, 0.1) is 0 Å². The molecule has 0 spiro atoms. The van der Waals surface area contributed by atoms with E-state index in [4.69, 9.17) is 4.74 Å². The quantitative estimate of drug-likeness (QED) is 0.436. The lowest BCUT2D eigenvalue weighted by Crippen LogP contribution is -2.31. The second-order valence-corrected chi connectivity index (χ2v) is 4.16. The maximum Gasteiger partial charge on any atom is 0.0589 e. The van der Waals surface area contributed by atoms with E-state index in [0.29, 0.717) is 0 Å². The van der Waals surface area contributed by atoms with Gasteiger partial charge in [-0.1, -0.05) is 6.08 Å². The van der Waals surface area contributed by atoms with Crippen molar-refractivity contribution in [3.05, 3.63) is 12.7 Å². The molecule has 3 nitrogen and oxygen atoms in total. The zero-order valence-corrected chi connectivity index (χ0v) is 9.87. The highest BCUT2D eigenvalue weighted by molar-refractivity contribution is 4.81. The second-order valence-electron chi connectivity index (χ2n) is 4.16. The van der Waals surface area contributed by atoms with Gasteiger partial charge in [0.2, 0.25) is 0 Å². The van der Waals surface area contributed by atoms with E-state index in [9.17, 15) is 0 Å². The fourth-order valence-electron chi connectivity index (χ4n) is 1.59. The molecule has 1 fully saturated rings. The molecule has 3 heteroatoms. The fraction of sp³-hybridized carbons (Fsp3) is 0.833. The van der Waals surface area contributed by atoms with Gasteiger partial charge >= 0.3 is 0 Å². The summed E-state index contributed by atoms with van der Waals surface area (Å²) in [6, 6.07) is 0.830. The van der Waals surface area contributed by atoms with Crippen LogP contribution in [0.1, 0.15) is 19.3 Å². The molecule has 1 aliphatic rings. The van der Waals surface area contributed by atoms with Gasteiger partial charge < -0.3 is 10.1 Å². The lowest BCUT2D eigenvalue weighted by atomic mass is 10.3. The molecule has 1 aliphatic carbocycles. The first-order valence-electron chi connectivity index (χ1n) is 5.92. The van der Waals surface area contributed by atoms with Gasteiger partial charge in [-0.25, -0.2) is 0 Å². The van der Waals surface area contributed by atoms with Crippen molar-refractivity contribution in [3.8, 4) is 0 Å². The van der Waals surface area contributed by atoms with Crippen molar-refractivity contribution >= 4 is 0 Å². The Labute approximate surface area is 93.5 Å². The highest BCUT2D eigenvalue weighted by Crippen LogP contribution is 2.18. The number of ether oxygens (including phenoxy) is 1. The molecule has 0 saturated heterocycles. The van der Waals surface area contributed by atoms with Crippen LogP contribution in [0.3, 0.4) is 0 Å². The van der Waals surface area contributed by atoms with Gasteiger partial charge in [0.1, 0.15) is 0 Å². The van der Waals surface area contributed by atoms with E-state index in [0.717, 1.165) is 38.8 Å². The standard InChI is InChI=1S/C12H24N2O/c1-3-8-14(10-11-15-2)9-4-7-13-12-5-6-12/h3,12-13H,1,4-11H2,2H3. The number of nitrogens with zero attached hydrogens (tertiary/aromatic N) is 1. The van der Waals surface area contributed by atoms with Crippen molar-refractivity contribution in [1.29, 1.82) is 0 Å². The van der Waals surface area contributed by atoms with Crippen LogP contribution in [-0.4, -0.2) is 50.8 Å². The highest BCUT2D eigenvalue weighted by atomic mass is 16.5. The van der Waals surface area contributed by atoms with Gasteiger partial charge in [-0.05, 0) is 32.4 Å². The van der Waals surface area contributed by atoms with Gasteiger partial charge in [-0.2, -0.15) is 0 Å². The third-order valence-electron chi connectivity index (χ3n) is 2.66. The van der Waals surface area contributed by atoms with Crippen LogP contribution in [0.25, 0.3) is 0 Å². The Morgan fingerprint density at radius 3 is 2.87 bits per heavy atom. The fourth-order valence-corrected chi connectivity index (χ4v) is 1.59. The minimum atomic E-state index is 0.809. The third kappa shape index (κ3) is 6.66. The molecule has 15 heavy (non-hydrogen) atoms. The summed E-state index contributed by atoms with van der Waals surface area (Å²) < 4.78 is 5.08. The summed E-state index contributed by atoms with van der Waals surface area (Å²) in [5.41, 5.74) is 0. The monoisotopic (exact) mass is 212 g/mol. The van der Waals surface area contributed by atoms with Crippen molar-refractivity contribution in [3.63, 3.8) is 0 Å². The average Bonchev–Trinajstić information content (AvgIpc) is 3.04. The number of hydrogen-bond acceptors (Lipinski definition) is 3. The Bertz CT molecular complexity index is 169. The zero-order chi connectivity index (χ0) is 10.9. The first-order chi connectivity index (χ1) is 7.36. The largest absolute Gasteiger partial charge is 0.383 e. The van der Waals surface area contributed by atoms with Crippen LogP contribution in [-0.2, 0) is 4.74 Å². The summed E-state index contributed by atoms with van der Waals surface area (Å²) in [6.45, 7) is 8.84. The van der Waals surface area contributed by atoms with Gasteiger partial charge in [-0.15, -0.1) is 6.58 Å². The maximum absolute atomic E-state index is 5.08. The molecule has 0 aliphatic heterocycles. The normalized spacial score (nSPS) is 15.9. The van der Waals surface area contributed by atoms with E-state index in [1.807, 2.05) is 6.08 Å². The number of nitrogens with one attached hydrogen (secondary N) is 1.